The van der Waals surface area contributed by atoms with Gasteiger partial charge in [0.1, 0.15) is 0 Å². The van der Waals surface area contributed by atoms with Gasteiger partial charge in [-0.15, -0.1) is 0 Å². The summed E-state index contributed by atoms with van der Waals surface area (Å²) in [4.78, 5) is 2.59. The van der Waals surface area contributed by atoms with E-state index in [1.54, 1.807) is 22.3 Å². The SMILES string of the molecule is CCCCCCCCC1(CCCCCCCC)c2ccccc2-c2ccc(-c3ccc4c(c3)C(C)(C)c3cc(-c5ccc(N(c6ccc(-c7ccc8c(c7)C(C)(C)c7cc(-c9ccc%10c(c9)C(CCCCCCCC)(CCCCCCCC)c9ccccc9-%10)ccc7-8)cc6)c6cc7c(c8ccccc68)-c6cc8c(cc6C7(C)C)-c6cc7c9ccccc9c9ccccc9c7cc6C8(C)C)cc5)ccc3-4)cc21. The van der Waals surface area contributed by atoms with E-state index in [9.17, 15) is 0 Å². The van der Waals surface area contributed by atoms with Crippen LogP contribution in [-0.2, 0) is 32.5 Å². The summed E-state index contributed by atoms with van der Waals surface area (Å²) in [6, 6.07) is 124. The van der Waals surface area contributed by atoms with E-state index in [2.05, 4.69) is 397 Å². The molecule has 0 saturated heterocycles. The third-order valence-electron chi connectivity index (χ3n) is 35.9. The Morgan fingerprint density at radius 2 is 0.426 bits per heavy atom. The third-order valence-corrected chi connectivity index (χ3v) is 35.9. The molecule has 17 aromatic rings. The molecule has 0 amide bonds. The zero-order valence-electron chi connectivity index (χ0n) is 86.2. The van der Waals surface area contributed by atoms with Crippen molar-refractivity contribution in [1.82, 2.24) is 0 Å². The molecule has 6 aliphatic carbocycles. The summed E-state index contributed by atoms with van der Waals surface area (Å²) in [6.07, 6.45) is 36.5. The Labute approximate surface area is 841 Å². The highest BCUT2D eigenvalue weighted by atomic mass is 15.1. The fourth-order valence-electron chi connectivity index (χ4n) is 28.0. The van der Waals surface area contributed by atoms with Gasteiger partial charge in [0, 0.05) is 49.3 Å². The lowest BCUT2D eigenvalue weighted by atomic mass is 9.70. The third kappa shape index (κ3) is 15.5. The Kier molecular flexibility index (Phi) is 24.3. The lowest BCUT2D eigenvalue weighted by molar-refractivity contribution is 0.398. The van der Waals surface area contributed by atoms with Crippen molar-refractivity contribution in [2.75, 3.05) is 4.90 Å². The lowest BCUT2D eigenvalue weighted by Crippen LogP contribution is -2.25. The van der Waals surface area contributed by atoms with E-state index in [1.807, 2.05) is 0 Å². The average Bonchev–Trinajstić information content (AvgIpc) is 1.52. The van der Waals surface area contributed by atoms with Crippen LogP contribution in [0.1, 0.15) is 330 Å². The first-order valence-electron chi connectivity index (χ1n) is 55.0. The maximum absolute atomic E-state index is 2.66. The first kappa shape index (κ1) is 92.3. The summed E-state index contributed by atoms with van der Waals surface area (Å²) < 4.78 is 0. The van der Waals surface area contributed by atoms with E-state index in [0.717, 1.165) is 11.4 Å². The van der Waals surface area contributed by atoms with Gasteiger partial charge in [-0.05, 0) is 332 Å². The number of fused-ring (bicyclic) bond motifs is 26. The fourth-order valence-corrected chi connectivity index (χ4v) is 28.0. The monoisotopic (exact) mass is 1840 g/mol. The van der Waals surface area contributed by atoms with Crippen LogP contribution in [0.4, 0.5) is 17.1 Å². The molecule has 0 aliphatic heterocycles. The summed E-state index contributed by atoms with van der Waals surface area (Å²) in [5.41, 5.74) is 46.8. The van der Waals surface area contributed by atoms with Gasteiger partial charge >= 0.3 is 0 Å². The molecule has 17 aromatic carbocycles. The van der Waals surface area contributed by atoms with Crippen LogP contribution in [0.5, 0.6) is 0 Å². The van der Waals surface area contributed by atoms with Crippen molar-refractivity contribution in [3.8, 4) is 111 Å². The van der Waals surface area contributed by atoms with Gasteiger partial charge in [0.15, 0.2) is 0 Å². The van der Waals surface area contributed by atoms with Gasteiger partial charge in [0.05, 0.1) is 5.69 Å². The van der Waals surface area contributed by atoms with E-state index in [-0.39, 0.29) is 32.5 Å². The van der Waals surface area contributed by atoms with Crippen molar-refractivity contribution >= 4 is 60.2 Å². The first-order chi connectivity index (χ1) is 68.8. The van der Waals surface area contributed by atoms with E-state index >= 15 is 0 Å². The van der Waals surface area contributed by atoms with Crippen LogP contribution in [0, 0.1) is 0 Å². The summed E-state index contributed by atoms with van der Waals surface area (Å²) in [7, 11) is 0. The standard InChI is InChI=1S/C140H143N/c1-13-17-21-25-29-43-77-139(78-44-30-26-22-18-14-2)121-55-41-39-51-106(121)112-75-65-98(85-130(112)139)96-63-73-110-108-71-61-94(81-123(108)135(5,6)125(110)83-96)92-57-67-100(68-58-92)141(133-91-132-134(115-54-38-37-53-114(115)133)120-90-128-119(89-129(120)138(132,11)12)118-87-116-104-49-35-33-47-102(104)103-48-34-36-50-105(103)117(116)88-127(118)137(128,9)10)101-69-59-93(60-70-101)95-62-72-109-111-74-64-97(84-126(111)136(7,8)124(109)82-95)99-66-76-113-107-52-40-42-56-122(107)140(131(113)86-99,79-45-31-27-23-19-15-3)80-46-32-28-24-20-16-4/h33-42,47-76,81-91H,13-32,43-46,77-80H2,1-12H3. The molecule has 0 atom stereocenters. The van der Waals surface area contributed by atoms with Crippen LogP contribution >= 0.6 is 0 Å². The first-order valence-corrected chi connectivity index (χ1v) is 55.0. The Bertz CT molecular complexity index is 7390. The molecule has 1 nitrogen and oxygen atoms in total. The lowest BCUT2D eigenvalue weighted by Gasteiger charge is -2.33. The van der Waals surface area contributed by atoms with Gasteiger partial charge in [0.2, 0.25) is 0 Å². The Morgan fingerprint density at radius 3 is 0.809 bits per heavy atom. The highest BCUT2D eigenvalue weighted by molar-refractivity contribution is 6.26. The van der Waals surface area contributed by atoms with Crippen molar-refractivity contribution in [2.45, 2.75) is 295 Å². The molecule has 708 valence electrons. The van der Waals surface area contributed by atoms with E-state index in [4.69, 9.17) is 0 Å². The molecule has 0 N–H and O–H groups in total. The van der Waals surface area contributed by atoms with Crippen molar-refractivity contribution in [1.29, 1.82) is 0 Å². The second-order valence-electron chi connectivity index (χ2n) is 45.7. The fraction of sp³-hybridized carbons (Fsp3) is 0.329. The molecule has 0 aromatic heterocycles. The maximum Gasteiger partial charge on any atom is 0.0543 e. The van der Waals surface area contributed by atoms with Gasteiger partial charge in [-0.25, -0.2) is 0 Å². The number of hydrogen-bond donors (Lipinski definition) is 0. The molecular formula is C140H143N. The van der Waals surface area contributed by atoms with Gasteiger partial charge in [0.25, 0.3) is 0 Å². The minimum Gasteiger partial charge on any atom is -0.310 e. The normalized spacial score (nSPS) is 15.2. The summed E-state index contributed by atoms with van der Waals surface area (Å²) in [5.74, 6) is 0. The zero-order valence-corrected chi connectivity index (χ0v) is 86.2. The van der Waals surface area contributed by atoms with Gasteiger partial charge < -0.3 is 4.90 Å². The predicted octanol–water partition coefficient (Wildman–Crippen LogP) is 41.2. The van der Waals surface area contributed by atoms with Crippen molar-refractivity contribution in [3.05, 3.63) is 376 Å². The van der Waals surface area contributed by atoms with Crippen LogP contribution < -0.4 is 4.90 Å². The topological polar surface area (TPSA) is 3.24 Å². The molecule has 23 rings (SSSR count). The molecule has 0 saturated carbocycles. The second-order valence-corrected chi connectivity index (χ2v) is 45.7. The van der Waals surface area contributed by atoms with Crippen molar-refractivity contribution in [2.24, 2.45) is 0 Å². The molecule has 141 heavy (non-hydrogen) atoms. The van der Waals surface area contributed by atoms with Crippen LogP contribution in [-0.4, -0.2) is 0 Å². The quantitative estimate of drug-likeness (QED) is 0.0283. The molecule has 0 radical (unpaired) electrons. The van der Waals surface area contributed by atoms with E-state index in [0.29, 0.717) is 0 Å². The Balaban J connectivity index is 0.587. The Morgan fingerprint density at radius 1 is 0.170 bits per heavy atom. The molecule has 0 spiro atoms. The van der Waals surface area contributed by atoms with Crippen LogP contribution in [0.15, 0.2) is 309 Å². The number of hydrogen-bond acceptors (Lipinski definition) is 1. The highest BCUT2D eigenvalue weighted by Crippen LogP contribution is 2.64. The van der Waals surface area contributed by atoms with Crippen LogP contribution in [0.3, 0.4) is 0 Å². The van der Waals surface area contributed by atoms with Gasteiger partial charge in [-0.2, -0.15) is 0 Å². The van der Waals surface area contributed by atoms with Crippen molar-refractivity contribution < 1.29 is 0 Å². The summed E-state index contributed by atoms with van der Waals surface area (Å²) >= 11 is 0. The maximum atomic E-state index is 2.66. The molecule has 0 heterocycles. The number of nitrogens with zero attached hydrogens (tertiary/aromatic N) is 1. The number of rotatable bonds is 35. The molecule has 0 fully saturated rings. The van der Waals surface area contributed by atoms with Gasteiger partial charge in [-0.3, -0.25) is 0 Å². The second kappa shape index (κ2) is 37.1. The summed E-state index contributed by atoms with van der Waals surface area (Å²) in [5, 5.41) is 10.4. The van der Waals surface area contributed by atoms with Crippen molar-refractivity contribution in [3.63, 3.8) is 0 Å². The minimum absolute atomic E-state index is 0.0278. The molecule has 1 heteroatoms. The minimum atomic E-state index is -0.349. The molecule has 0 unspecified atom stereocenters. The zero-order chi connectivity index (χ0) is 96.3. The average molecular weight is 1840 g/mol. The largest absolute Gasteiger partial charge is 0.310 e. The number of unbranched alkanes of at least 4 members (excludes halogenated alkanes) is 20. The number of anilines is 3. The Hall–Kier alpha value is -12.4. The predicted molar refractivity (Wildman–Crippen MR) is 608 cm³/mol. The van der Waals surface area contributed by atoms with Crippen LogP contribution in [0.2, 0.25) is 0 Å². The smallest absolute Gasteiger partial charge is 0.0543 e. The van der Waals surface area contributed by atoms with Crippen LogP contribution in [0.25, 0.3) is 154 Å². The molecule has 0 bridgehead atoms. The highest BCUT2D eigenvalue weighted by Gasteiger charge is 2.48. The van der Waals surface area contributed by atoms with E-state index < -0.39 is 0 Å². The summed E-state index contributed by atoms with van der Waals surface area (Å²) in [6.45, 7) is 29.2. The molecular weight excluding hydrogens is 1700 g/mol. The van der Waals surface area contributed by atoms with Gasteiger partial charge in [-0.1, -0.05) is 456 Å². The van der Waals surface area contributed by atoms with E-state index in [1.165, 1.54) is 384 Å². The molecule has 6 aliphatic rings. The number of benzene rings is 17.